The van der Waals surface area contributed by atoms with Crippen LogP contribution in [0.3, 0.4) is 0 Å². The van der Waals surface area contributed by atoms with Gasteiger partial charge in [0.1, 0.15) is 11.3 Å². The van der Waals surface area contributed by atoms with Crippen LogP contribution >= 0.6 is 0 Å². The number of carbonyl (C=O) groups is 1. The summed E-state index contributed by atoms with van der Waals surface area (Å²) in [5.74, 6) is -2.18. The molecule has 110 valence electrons. The van der Waals surface area contributed by atoms with Crippen molar-refractivity contribution < 1.29 is 27.8 Å². The molecule has 0 unspecified atom stereocenters. The van der Waals surface area contributed by atoms with Gasteiger partial charge in [-0.1, -0.05) is 36.4 Å². The van der Waals surface area contributed by atoms with Gasteiger partial charge in [-0.15, -0.1) is 13.2 Å². The first-order valence-corrected chi connectivity index (χ1v) is 5.97. The van der Waals surface area contributed by atoms with Gasteiger partial charge in [0.25, 0.3) is 0 Å². The number of benzene rings is 2. The van der Waals surface area contributed by atoms with Crippen molar-refractivity contribution in [1.29, 1.82) is 0 Å². The number of halogens is 3. The Balaban J connectivity index is 2.59. The monoisotopic (exact) mass is 296 g/mol. The van der Waals surface area contributed by atoms with Crippen LogP contribution in [0.15, 0.2) is 42.5 Å². The largest absolute Gasteiger partial charge is 0.573 e. The van der Waals surface area contributed by atoms with Crippen molar-refractivity contribution in [1.82, 2.24) is 0 Å². The van der Waals surface area contributed by atoms with Crippen molar-refractivity contribution in [2.45, 2.75) is 13.3 Å². The molecule has 0 fully saturated rings. The fourth-order valence-corrected chi connectivity index (χ4v) is 2.09. The number of alkyl halides is 3. The number of hydrogen-bond donors (Lipinski definition) is 1. The Kier molecular flexibility index (Phi) is 3.88. The molecule has 2 aromatic rings. The lowest BCUT2D eigenvalue weighted by Gasteiger charge is -2.15. The van der Waals surface area contributed by atoms with E-state index in [0.717, 1.165) is 11.6 Å². The molecule has 0 bridgehead atoms. The number of ether oxygens (including phenoxy) is 1. The SMILES string of the molecule is Cc1c(-c2ccccc2)ccc(OC(F)(F)F)c1C(=O)O. The first-order valence-electron chi connectivity index (χ1n) is 5.97. The van der Waals surface area contributed by atoms with E-state index in [9.17, 15) is 18.0 Å². The summed E-state index contributed by atoms with van der Waals surface area (Å²) in [6, 6.07) is 11.2. The molecule has 2 rings (SSSR count). The third kappa shape index (κ3) is 3.34. The van der Waals surface area contributed by atoms with Crippen molar-refractivity contribution in [2.24, 2.45) is 0 Å². The molecular weight excluding hydrogens is 285 g/mol. The number of carboxylic acid groups (broad SMARTS) is 1. The van der Waals surface area contributed by atoms with Crippen LogP contribution in [0.1, 0.15) is 15.9 Å². The van der Waals surface area contributed by atoms with E-state index in [1.54, 1.807) is 30.3 Å². The highest BCUT2D eigenvalue weighted by Gasteiger charge is 2.33. The van der Waals surface area contributed by atoms with Crippen molar-refractivity contribution >= 4 is 5.97 Å². The molecule has 0 radical (unpaired) electrons. The second-order valence-corrected chi connectivity index (χ2v) is 4.33. The van der Waals surface area contributed by atoms with Gasteiger partial charge < -0.3 is 9.84 Å². The maximum Gasteiger partial charge on any atom is 0.573 e. The minimum absolute atomic E-state index is 0.218. The Morgan fingerprint density at radius 2 is 1.71 bits per heavy atom. The maximum absolute atomic E-state index is 12.3. The molecule has 2 aromatic carbocycles. The van der Waals surface area contributed by atoms with Crippen molar-refractivity contribution in [3.05, 3.63) is 53.6 Å². The average molecular weight is 296 g/mol. The van der Waals surface area contributed by atoms with E-state index in [0.29, 0.717) is 5.56 Å². The van der Waals surface area contributed by atoms with Gasteiger partial charge in [-0.2, -0.15) is 0 Å². The van der Waals surface area contributed by atoms with Gasteiger partial charge >= 0.3 is 12.3 Å². The van der Waals surface area contributed by atoms with Crippen LogP contribution in [0.5, 0.6) is 5.75 Å². The van der Waals surface area contributed by atoms with Crippen LogP contribution in [0, 0.1) is 6.92 Å². The zero-order valence-corrected chi connectivity index (χ0v) is 10.9. The molecule has 0 saturated carbocycles. The lowest BCUT2D eigenvalue weighted by molar-refractivity contribution is -0.274. The smallest absolute Gasteiger partial charge is 0.478 e. The second-order valence-electron chi connectivity index (χ2n) is 4.33. The minimum Gasteiger partial charge on any atom is -0.478 e. The highest BCUT2D eigenvalue weighted by molar-refractivity contribution is 5.95. The van der Waals surface area contributed by atoms with E-state index < -0.39 is 23.6 Å². The van der Waals surface area contributed by atoms with E-state index >= 15 is 0 Å². The molecule has 0 amide bonds. The summed E-state index contributed by atoms with van der Waals surface area (Å²) in [6.45, 7) is 1.45. The fourth-order valence-electron chi connectivity index (χ4n) is 2.09. The maximum atomic E-state index is 12.3. The average Bonchev–Trinajstić information content (AvgIpc) is 2.37. The van der Waals surface area contributed by atoms with Crippen LogP contribution in [0.2, 0.25) is 0 Å². The predicted octanol–water partition coefficient (Wildman–Crippen LogP) is 4.26. The molecule has 0 aliphatic heterocycles. The van der Waals surface area contributed by atoms with Gasteiger partial charge in [0.15, 0.2) is 0 Å². The highest BCUT2D eigenvalue weighted by Crippen LogP contribution is 2.34. The molecule has 0 aromatic heterocycles. The zero-order chi connectivity index (χ0) is 15.6. The molecule has 0 heterocycles. The van der Waals surface area contributed by atoms with E-state index in [1.807, 2.05) is 0 Å². The number of carboxylic acids is 1. The molecule has 1 N–H and O–H groups in total. The van der Waals surface area contributed by atoms with E-state index in [1.165, 1.54) is 13.0 Å². The molecular formula is C15H11F3O3. The second kappa shape index (κ2) is 5.47. The molecule has 0 aliphatic carbocycles. The lowest BCUT2D eigenvalue weighted by atomic mass is 9.96. The summed E-state index contributed by atoms with van der Waals surface area (Å²) in [5.41, 5.74) is 0.989. The number of rotatable bonds is 3. The van der Waals surface area contributed by atoms with Gasteiger partial charge in [-0.25, -0.2) is 4.79 Å². The normalized spacial score (nSPS) is 11.2. The van der Waals surface area contributed by atoms with Crippen LogP contribution < -0.4 is 4.74 Å². The first kappa shape index (κ1) is 14.9. The Morgan fingerprint density at radius 3 is 2.24 bits per heavy atom. The van der Waals surface area contributed by atoms with Gasteiger partial charge in [0.2, 0.25) is 0 Å². The van der Waals surface area contributed by atoms with E-state index in [-0.39, 0.29) is 5.56 Å². The minimum atomic E-state index is -4.94. The molecule has 21 heavy (non-hydrogen) atoms. The molecule has 0 saturated heterocycles. The van der Waals surface area contributed by atoms with Crippen molar-refractivity contribution in [3.63, 3.8) is 0 Å². The quantitative estimate of drug-likeness (QED) is 0.920. The predicted molar refractivity (Wildman–Crippen MR) is 70.3 cm³/mol. The van der Waals surface area contributed by atoms with Crippen LogP contribution in [-0.4, -0.2) is 17.4 Å². The number of aromatic carboxylic acids is 1. The van der Waals surface area contributed by atoms with Gasteiger partial charge in [0, 0.05) is 0 Å². The lowest BCUT2D eigenvalue weighted by Crippen LogP contribution is -2.19. The molecule has 0 aliphatic rings. The summed E-state index contributed by atoms with van der Waals surface area (Å²) in [5, 5.41) is 9.17. The summed E-state index contributed by atoms with van der Waals surface area (Å²) in [4.78, 5) is 11.3. The Morgan fingerprint density at radius 1 is 1.10 bits per heavy atom. The summed E-state index contributed by atoms with van der Waals surface area (Å²) >= 11 is 0. The van der Waals surface area contributed by atoms with Crippen molar-refractivity contribution in [3.8, 4) is 16.9 Å². The van der Waals surface area contributed by atoms with E-state index in [2.05, 4.69) is 4.74 Å². The van der Waals surface area contributed by atoms with Crippen molar-refractivity contribution in [2.75, 3.05) is 0 Å². The zero-order valence-electron chi connectivity index (χ0n) is 10.9. The first-order chi connectivity index (χ1) is 9.79. The third-order valence-electron chi connectivity index (χ3n) is 2.95. The Bertz CT molecular complexity index is 664. The topological polar surface area (TPSA) is 46.5 Å². The Hall–Kier alpha value is -2.50. The van der Waals surface area contributed by atoms with Gasteiger partial charge in [-0.05, 0) is 29.7 Å². The van der Waals surface area contributed by atoms with Crippen LogP contribution in [0.25, 0.3) is 11.1 Å². The standard InChI is InChI=1S/C15H11F3O3/c1-9-11(10-5-3-2-4-6-10)7-8-12(13(9)14(19)20)21-15(16,17)18/h2-8H,1H3,(H,19,20). The third-order valence-corrected chi connectivity index (χ3v) is 2.95. The van der Waals surface area contributed by atoms with Crippen LogP contribution in [-0.2, 0) is 0 Å². The number of hydrogen-bond acceptors (Lipinski definition) is 2. The summed E-state index contributed by atoms with van der Waals surface area (Å²) < 4.78 is 40.8. The molecule has 6 heteroatoms. The summed E-state index contributed by atoms with van der Waals surface area (Å²) in [6.07, 6.45) is -4.94. The summed E-state index contributed by atoms with van der Waals surface area (Å²) in [7, 11) is 0. The fraction of sp³-hybridized carbons (Fsp3) is 0.133. The van der Waals surface area contributed by atoms with Crippen LogP contribution in [0.4, 0.5) is 13.2 Å². The van der Waals surface area contributed by atoms with Gasteiger partial charge in [-0.3, -0.25) is 0 Å². The Labute approximate surface area is 118 Å². The van der Waals surface area contributed by atoms with Gasteiger partial charge in [0.05, 0.1) is 0 Å². The molecule has 3 nitrogen and oxygen atoms in total. The van der Waals surface area contributed by atoms with E-state index in [4.69, 9.17) is 5.11 Å². The highest BCUT2D eigenvalue weighted by atomic mass is 19.4. The molecule has 0 spiro atoms. The molecule has 0 atom stereocenters.